The van der Waals surface area contributed by atoms with Crippen molar-refractivity contribution in [3.63, 3.8) is 0 Å². The summed E-state index contributed by atoms with van der Waals surface area (Å²) in [7, 11) is 4.70. The van der Waals surface area contributed by atoms with E-state index in [9.17, 15) is 4.79 Å². The van der Waals surface area contributed by atoms with Crippen LogP contribution in [-0.4, -0.2) is 33.8 Å². The van der Waals surface area contributed by atoms with Gasteiger partial charge in [-0.1, -0.05) is 26.8 Å². The zero-order chi connectivity index (χ0) is 20.7. The lowest BCUT2D eigenvalue weighted by Gasteiger charge is -2.30. The van der Waals surface area contributed by atoms with Crippen LogP contribution >= 0.6 is 11.3 Å². The fraction of sp³-hybridized carbons (Fsp3) is 0.476. The molecule has 0 spiro atoms. The normalized spacial score (nSPS) is 12.4. The van der Waals surface area contributed by atoms with Gasteiger partial charge in [-0.3, -0.25) is 4.79 Å². The van der Waals surface area contributed by atoms with E-state index in [-0.39, 0.29) is 23.9 Å². The van der Waals surface area contributed by atoms with Gasteiger partial charge in [0, 0.05) is 17.5 Å². The van der Waals surface area contributed by atoms with E-state index in [4.69, 9.17) is 14.2 Å². The number of amides is 1. The summed E-state index contributed by atoms with van der Waals surface area (Å²) in [6.45, 7) is 7.11. The van der Waals surface area contributed by atoms with Gasteiger partial charge in [0.15, 0.2) is 11.5 Å². The summed E-state index contributed by atoms with van der Waals surface area (Å²) >= 11 is 1.70. The van der Waals surface area contributed by atoms with Crippen molar-refractivity contribution in [3.8, 4) is 17.2 Å². The van der Waals surface area contributed by atoms with Crippen LogP contribution in [0.25, 0.3) is 0 Å². The van der Waals surface area contributed by atoms with E-state index in [1.54, 1.807) is 32.7 Å². The summed E-state index contributed by atoms with van der Waals surface area (Å²) in [5.74, 6) is 1.59. The lowest BCUT2D eigenvalue weighted by atomic mass is 9.86. The number of benzene rings is 1. The van der Waals surface area contributed by atoms with Crippen LogP contribution in [0.4, 0.5) is 0 Å². The first-order valence-electron chi connectivity index (χ1n) is 9.12. The van der Waals surface area contributed by atoms with Gasteiger partial charge in [-0.25, -0.2) is 0 Å². The van der Waals surface area contributed by atoms with Gasteiger partial charge in [0.1, 0.15) is 0 Å². The van der Waals surface area contributed by atoms with Crippen molar-refractivity contribution >= 4 is 17.2 Å². The Hall–Kier alpha value is -2.25. The lowest BCUT2D eigenvalue weighted by molar-refractivity contribution is -0.120. The SMILES string of the molecule is COc1cc(CNC(=O)CNC(c2cccs2)C(C)(C)C)cc(OC)c1OC. The second-order valence-electron chi connectivity index (χ2n) is 7.51. The van der Waals surface area contributed by atoms with Crippen molar-refractivity contribution < 1.29 is 19.0 Å². The molecule has 0 saturated carbocycles. The molecule has 154 valence electrons. The van der Waals surface area contributed by atoms with Crippen LogP contribution in [0.15, 0.2) is 29.6 Å². The predicted molar refractivity (Wildman–Crippen MR) is 112 cm³/mol. The number of hydrogen-bond acceptors (Lipinski definition) is 6. The van der Waals surface area contributed by atoms with Crippen molar-refractivity contribution in [2.75, 3.05) is 27.9 Å². The molecule has 1 amide bonds. The highest BCUT2D eigenvalue weighted by atomic mass is 32.1. The Kier molecular flexibility index (Phi) is 7.71. The minimum absolute atomic E-state index is 0.00183. The molecule has 1 aromatic carbocycles. The number of rotatable bonds is 9. The first-order chi connectivity index (χ1) is 13.3. The lowest BCUT2D eigenvalue weighted by Crippen LogP contribution is -2.39. The van der Waals surface area contributed by atoms with Crippen molar-refractivity contribution in [2.24, 2.45) is 5.41 Å². The molecule has 0 aliphatic carbocycles. The minimum Gasteiger partial charge on any atom is -0.493 e. The zero-order valence-electron chi connectivity index (χ0n) is 17.4. The van der Waals surface area contributed by atoms with Gasteiger partial charge in [-0.15, -0.1) is 11.3 Å². The molecule has 0 radical (unpaired) electrons. The van der Waals surface area contributed by atoms with E-state index < -0.39 is 0 Å². The molecular weight excluding hydrogens is 376 g/mol. The predicted octanol–water partition coefficient (Wildman–Crippen LogP) is 3.77. The first kappa shape index (κ1) is 22.0. The Balaban J connectivity index is 1.98. The van der Waals surface area contributed by atoms with Gasteiger partial charge >= 0.3 is 0 Å². The molecule has 1 heterocycles. The van der Waals surface area contributed by atoms with Gasteiger partial charge in [-0.2, -0.15) is 0 Å². The van der Waals surface area contributed by atoms with Gasteiger partial charge in [0.2, 0.25) is 11.7 Å². The van der Waals surface area contributed by atoms with Gasteiger partial charge in [0.05, 0.1) is 27.9 Å². The molecule has 0 aliphatic rings. The maximum absolute atomic E-state index is 12.4. The van der Waals surface area contributed by atoms with Crippen molar-refractivity contribution in [3.05, 3.63) is 40.1 Å². The van der Waals surface area contributed by atoms with Crippen LogP contribution in [-0.2, 0) is 11.3 Å². The number of ether oxygens (including phenoxy) is 3. The van der Waals surface area contributed by atoms with Gasteiger partial charge < -0.3 is 24.8 Å². The third kappa shape index (κ3) is 5.62. The molecule has 0 bridgehead atoms. The fourth-order valence-corrected chi connectivity index (χ4v) is 4.03. The molecular formula is C21H30N2O4S. The summed E-state index contributed by atoms with van der Waals surface area (Å²) in [5.41, 5.74) is 0.871. The van der Waals surface area contributed by atoms with Crippen molar-refractivity contribution in [1.82, 2.24) is 10.6 Å². The average Bonchev–Trinajstić information content (AvgIpc) is 3.18. The fourth-order valence-electron chi connectivity index (χ4n) is 2.98. The van der Waals surface area contributed by atoms with Crippen LogP contribution in [0.1, 0.15) is 37.3 Å². The number of nitrogens with one attached hydrogen (secondary N) is 2. The Bertz CT molecular complexity index is 744. The Labute approximate surface area is 171 Å². The number of thiophene rings is 1. The monoisotopic (exact) mass is 406 g/mol. The molecule has 2 rings (SSSR count). The summed E-state index contributed by atoms with van der Waals surface area (Å²) < 4.78 is 16.0. The number of carbonyl (C=O) groups excluding carboxylic acids is 1. The highest BCUT2D eigenvalue weighted by molar-refractivity contribution is 7.10. The Morgan fingerprint density at radius 2 is 1.75 bits per heavy atom. The molecule has 0 fully saturated rings. The topological polar surface area (TPSA) is 68.8 Å². The van der Waals surface area contributed by atoms with Crippen molar-refractivity contribution in [2.45, 2.75) is 33.4 Å². The van der Waals surface area contributed by atoms with E-state index in [0.29, 0.717) is 23.8 Å². The largest absolute Gasteiger partial charge is 0.493 e. The van der Waals surface area contributed by atoms with Gasteiger partial charge in [0.25, 0.3) is 0 Å². The number of hydrogen-bond donors (Lipinski definition) is 2. The second-order valence-corrected chi connectivity index (χ2v) is 8.48. The van der Waals surface area contributed by atoms with E-state index in [1.807, 2.05) is 18.2 Å². The van der Waals surface area contributed by atoms with E-state index >= 15 is 0 Å². The number of methoxy groups -OCH3 is 3. The first-order valence-corrected chi connectivity index (χ1v) is 10.0. The third-order valence-electron chi connectivity index (χ3n) is 4.37. The summed E-state index contributed by atoms with van der Waals surface area (Å²) in [6.07, 6.45) is 0. The smallest absolute Gasteiger partial charge is 0.234 e. The minimum atomic E-state index is -0.0699. The van der Waals surface area contributed by atoms with Crippen LogP contribution in [0.5, 0.6) is 17.2 Å². The molecule has 6 nitrogen and oxygen atoms in total. The van der Waals surface area contributed by atoms with Crippen LogP contribution in [0, 0.1) is 5.41 Å². The summed E-state index contributed by atoms with van der Waals surface area (Å²) in [6, 6.07) is 7.91. The molecule has 1 unspecified atom stereocenters. The Morgan fingerprint density at radius 3 is 2.21 bits per heavy atom. The summed E-state index contributed by atoms with van der Waals surface area (Å²) in [5, 5.41) is 8.39. The Morgan fingerprint density at radius 1 is 1.11 bits per heavy atom. The second kappa shape index (κ2) is 9.80. The highest BCUT2D eigenvalue weighted by Gasteiger charge is 2.27. The molecule has 7 heteroatoms. The van der Waals surface area contributed by atoms with Crippen LogP contribution in [0.2, 0.25) is 0 Å². The summed E-state index contributed by atoms with van der Waals surface area (Å²) in [4.78, 5) is 13.6. The maximum Gasteiger partial charge on any atom is 0.234 e. The molecule has 28 heavy (non-hydrogen) atoms. The molecule has 0 aliphatic heterocycles. The maximum atomic E-state index is 12.4. The van der Waals surface area contributed by atoms with E-state index in [2.05, 4.69) is 42.9 Å². The van der Waals surface area contributed by atoms with Crippen LogP contribution < -0.4 is 24.8 Å². The number of carbonyl (C=O) groups is 1. The standard InChI is InChI=1S/C21H30N2O4S/c1-21(2,3)20(17-8-7-9-28-17)23-13-18(24)22-12-14-10-15(25-4)19(27-6)16(11-14)26-5/h7-11,20,23H,12-13H2,1-6H3,(H,22,24). The quantitative estimate of drug-likeness (QED) is 0.664. The molecule has 2 aromatic rings. The molecule has 0 saturated heterocycles. The highest BCUT2D eigenvalue weighted by Crippen LogP contribution is 2.38. The van der Waals surface area contributed by atoms with Crippen molar-refractivity contribution in [1.29, 1.82) is 0 Å². The zero-order valence-corrected chi connectivity index (χ0v) is 18.2. The van der Waals surface area contributed by atoms with Crippen LogP contribution in [0.3, 0.4) is 0 Å². The van der Waals surface area contributed by atoms with Gasteiger partial charge in [-0.05, 0) is 34.6 Å². The third-order valence-corrected chi connectivity index (χ3v) is 5.31. The van der Waals surface area contributed by atoms with E-state index in [0.717, 1.165) is 5.56 Å². The molecule has 1 aromatic heterocycles. The molecule has 1 atom stereocenters. The van der Waals surface area contributed by atoms with E-state index in [1.165, 1.54) is 4.88 Å². The average molecular weight is 407 g/mol. The molecule has 2 N–H and O–H groups in total.